The number of nitrogens with one attached hydrogen (secondary N) is 1. The Morgan fingerprint density at radius 2 is 1.93 bits per heavy atom. The van der Waals surface area contributed by atoms with Crippen LogP contribution in [0.2, 0.25) is 0 Å². The number of methoxy groups -OCH3 is 1. The number of hydrogen-bond acceptors (Lipinski definition) is 4. The molecule has 1 aliphatic rings. The Morgan fingerprint density at radius 1 is 1.21 bits per heavy atom. The van der Waals surface area contributed by atoms with Crippen LogP contribution in [-0.4, -0.2) is 35.7 Å². The molecule has 0 spiro atoms. The van der Waals surface area contributed by atoms with Crippen LogP contribution in [0.1, 0.15) is 48.6 Å². The number of halogens is 1. The first kappa shape index (κ1) is 21.7. The molecular weight excluding hydrogens is 408 g/mol. The highest BCUT2D eigenvalue weighted by Crippen LogP contribution is 2.29. The second-order valence-electron chi connectivity index (χ2n) is 7.26. The number of carbonyl (C=O) groups is 2. The number of rotatable bonds is 8. The molecule has 1 aliphatic carbocycles. The van der Waals surface area contributed by atoms with Crippen LogP contribution < -0.4 is 10.1 Å². The molecule has 1 unspecified atom stereocenters. The van der Waals surface area contributed by atoms with E-state index in [-0.39, 0.29) is 23.7 Å². The maximum absolute atomic E-state index is 13.3. The minimum Gasteiger partial charge on any atom is -0.497 e. The molecule has 7 heteroatoms. The van der Waals surface area contributed by atoms with Crippen molar-refractivity contribution in [3.05, 3.63) is 52.2 Å². The zero-order valence-electron chi connectivity index (χ0n) is 16.6. The molecular formula is C22H27ClN2O3S. The van der Waals surface area contributed by atoms with Gasteiger partial charge in [0, 0.05) is 17.5 Å². The van der Waals surface area contributed by atoms with Gasteiger partial charge < -0.3 is 15.0 Å². The number of hydrogen-bond donors (Lipinski definition) is 1. The monoisotopic (exact) mass is 434 g/mol. The Kier molecular flexibility index (Phi) is 7.95. The molecule has 0 aliphatic heterocycles. The maximum atomic E-state index is 13.3. The van der Waals surface area contributed by atoms with Crippen molar-refractivity contribution >= 4 is 34.8 Å². The topological polar surface area (TPSA) is 58.6 Å². The van der Waals surface area contributed by atoms with Gasteiger partial charge in [-0.1, -0.05) is 37.5 Å². The Labute approximate surface area is 181 Å². The van der Waals surface area contributed by atoms with Crippen molar-refractivity contribution in [3.63, 3.8) is 0 Å². The number of nitrogens with zero attached hydrogens (tertiary/aromatic N) is 1. The standard InChI is InChI=1S/C22H27ClN2O3S/c1-28-18-11-9-16(10-12-18)15-25(20(26)14-23)21(19-8-5-13-29-19)22(27)24-17-6-3-2-4-7-17/h5,8-13,17,21H,2-4,6-7,14-15H2,1H3,(H,24,27). The van der Waals surface area contributed by atoms with Crippen LogP contribution in [0.3, 0.4) is 0 Å². The van der Waals surface area contributed by atoms with Crippen molar-refractivity contribution < 1.29 is 14.3 Å². The van der Waals surface area contributed by atoms with Gasteiger partial charge in [-0.3, -0.25) is 9.59 Å². The van der Waals surface area contributed by atoms with Crippen molar-refractivity contribution in [2.24, 2.45) is 0 Å². The molecule has 1 N–H and O–H groups in total. The maximum Gasteiger partial charge on any atom is 0.248 e. The molecule has 29 heavy (non-hydrogen) atoms. The third-order valence-electron chi connectivity index (χ3n) is 5.27. The van der Waals surface area contributed by atoms with Crippen molar-refractivity contribution in [2.75, 3.05) is 13.0 Å². The summed E-state index contributed by atoms with van der Waals surface area (Å²) in [5, 5.41) is 5.11. The third kappa shape index (κ3) is 5.73. The van der Waals surface area contributed by atoms with Crippen LogP contribution in [0.4, 0.5) is 0 Å². The molecule has 1 aromatic heterocycles. The van der Waals surface area contributed by atoms with E-state index in [1.54, 1.807) is 12.0 Å². The molecule has 1 fully saturated rings. The van der Waals surface area contributed by atoms with Crippen molar-refractivity contribution in [1.82, 2.24) is 10.2 Å². The van der Waals surface area contributed by atoms with E-state index in [0.717, 1.165) is 41.9 Å². The zero-order valence-corrected chi connectivity index (χ0v) is 18.2. The van der Waals surface area contributed by atoms with Gasteiger partial charge in [-0.15, -0.1) is 22.9 Å². The minimum atomic E-state index is -0.690. The molecule has 2 aromatic rings. The van der Waals surface area contributed by atoms with Crippen molar-refractivity contribution in [2.45, 2.75) is 50.7 Å². The first-order valence-electron chi connectivity index (χ1n) is 9.94. The summed E-state index contributed by atoms with van der Waals surface area (Å²) in [6.07, 6.45) is 5.46. The molecule has 1 atom stereocenters. The fraction of sp³-hybridized carbons (Fsp3) is 0.455. The average molecular weight is 435 g/mol. The number of benzene rings is 1. The molecule has 0 saturated heterocycles. The quantitative estimate of drug-likeness (QED) is 0.621. The van der Waals surface area contributed by atoms with Gasteiger partial charge in [-0.05, 0) is 42.0 Å². The summed E-state index contributed by atoms with van der Waals surface area (Å²) in [5.74, 6) is 0.175. The predicted octanol–water partition coefficient (Wildman–Crippen LogP) is 4.51. The number of carbonyl (C=O) groups excluding carboxylic acids is 2. The number of amides is 2. The minimum absolute atomic E-state index is 0.133. The normalized spacial score (nSPS) is 15.5. The van der Waals surface area contributed by atoms with Crippen LogP contribution in [0.25, 0.3) is 0 Å². The van der Waals surface area contributed by atoms with Gasteiger partial charge in [0.2, 0.25) is 11.8 Å². The van der Waals surface area contributed by atoms with E-state index in [2.05, 4.69) is 5.32 Å². The Morgan fingerprint density at radius 3 is 2.52 bits per heavy atom. The lowest BCUT2D eigenvalue weighted by Crippen LogP contribution is -2.47. The summed E-state index contributed by atoms with van der Waals surface area (Å²) in [7, 11) is 1.61. The van der Waals surface area contributed by atoms with Crippen LogP contribution in [0.5, 0.6) is 5.75 Å². The lowest BCUT2D eigenvalue weighted by atomic mass is 9.95. The molecule has 5 nitrogen and oxygen atoms in total. The number of alkyl halides is 1. The van der Waals surface area contributed by atoms with Crippen LogP contribution >= 0.6 is 22.9 Å². The first-order valence-corrected chi connectivity index (χ1v) is 11.4. The van der Waals surface area contributed by atoms with Crippen LogP contribution in [-0.2, 0) is 16.1 Å². The smallest absolute Gasteiger partial charge is 0.248 e. The zero-order chi connectivity index (χ0) is 20.6. The van der Waals surface area contributed by atoms with Crippen molar-refractivity contribution in [3.8, 4) is 5.75 Å². The predicted molar refractivity (Wildman–Crippen MR) is 116 cm³/mol. The average Bonchev–Trinajstić information content (AvgIpc) is 3.28. The SMILES string of the molecule is COc1ccc(CN(C(=O)CCl)C(C(=O)NC2CCCCC2)c2cccs2)cc1. The van der Waals surface area contributed by atoms with Gasteiger partial charge in [-0.2, -0.15) is 0 Å². The van der Waals surface area contributed by atoms with Gasteiger partial charge in [0.05, 0.1) is 7.11 Å². The summed E-state index contributed by atoms with van der Waals surface area (Å²) < 4.78 is 5.21. The van der Waals surface area contributed by atoms with E-state index in [1.807, 2.05) is 41.8 Å². The van der Waals surface area contributed by atoms with Gasteiger partial charge >= 0.3 is 0 Å². The summed E-state index contributed by atoms with van der Waals surface area (Å²) >= 11 is 7.40. The molecule has 1 aromatic carbocycles. The second-order valence-corrected chi connectivity index (χ2v) is 8.51. The summed E-state index contributed by atoms with van der Waals surface area (Å²) in [4.78, 5) is 28.5. The second kappa shape index (κ2) is 10.6. The Bertz CT molecular complexity index is 789. The lowest BCUT2D eigenvalue weighted by Gasteiger charge is -2.32. The van der Waals surface area contributed by atoms with E-state index >= 15 is 0 Å². The fourth-order valence-electron chi connectivity index (χ4n) is 3.73. The molecule has 156 valence electrons. The van der Waals surface area contributed by atoms with Crippen LogP contribution in [0, 0.1) is 0 Å². The highest BCUT2D eigenvalue weighted by Gasteiger charge is 2.33. The largest absolute Gasteiger partial charge is 0.497 e. The fourth-order valence-corrected chi connectivity index (χ4v) is 4.71. The van der Waals surface area contributed by atoms with Crippen LogP contribution in [0.15, 0.2) is 41.8 Å². The molecule has 3 rings (SSSR count). The van der Waals surface area contributed by atoms with Crippen molar-refractivity contribution in [1.29, 1.82) is 0 Å². The highest BCUT2D eigenvalue weighted by atomic mass is 35.5. The van der Waals surface area contributed by atoms with E-state index in [9.17, 15) is 9.59 Å². The van der Waals surface area contributed by atoms with Gasteiger partial charge in [0.15, 0.2) is 0 Å². The van der Waals surface area contributed by atoms with E-state index in [0.29, 0.717) is 6.54 Å². The highest BCUT2D eigenvalue weighted by molar-refractivity contribution is 7.10. The summed E-state index contributed by atoms with van der Waals surface area (Å²) in [5.41, 5.74) is 0.913. The molecule has 0 radical (unpaired) electrons. The summed E-state index contributed by atoms with van der Waals surface area (Å²) in [6, 6.07) is 10.8. The molecule has 2 amide bonds. The third-order valence-corrected chi connectivity index (χ3v) is 6.42. The molecule has 1 saturated carbocycles. The van der Waals surface area contributed by atoms with E-state index in [1.165, 1.54) is 17.8 Å². The molecule has 0 bridgehead atoms. The van der Waals surface area contributed by atoms with Gasteiger partial charge in [0.1, 0.15) is 17.7 Å². The molecule has 1 heterocycles. The Hall–Kier alpha value is -2.05. The van der Waals surface area contributed by atoms with E-state index < -0.39 is 6.04 Å². The number of thiophene rings is 1. The Balaban J connectivity index is 1.85. The summed E-state index contributed by atoms with van der Waals surface area (Å²) in [6.45, 7) is 0.302. The van der Waals surface area contributed by atoms with Gasteiger partial charge in [-0.25, -0.2) is 0 Å². The lowest BCUT2D eigenvalue weighted by molar-refractivity contribution is -0.140. The first-order chi connectivity index (χ1) is 14.1. The number of ether oxygens (including phenoxy) is 1. The van der Waals surface area contributed by atoms with E-state index in [4.69, 9.17) is 16.3 Å². The van der Waals surface area contributed by atoms with Gasteiger partial charge in [0.25, 0.3) is 0 Å².